The molecule has 0 heterocycles. The van der Waals surface area contributed by atoms with Crippen molar-refractivity contribution in [2.24, 2.45) is 0 Å². The molecular weight excluding hydrogens is 452 g/mol. The van der Waals surface area contributed by atoms with Crippen LogP contribution >= 0.6 is 0 Å². The molecule has 3 nitrogen and oxygen atoms in total. The molecule has 1 aromatic rings. The van der Waals surface area contributed by atoms with Gasteiger partial charge in [-0.25, -0.2) is 0 Å². The van der Waals surface area contributed by atoms with Crippen LogP contribution < -0.4 is 0 Å². The molecule has 2 atom stereocenters. The number of hydrogen-bond acceptors (Lipinski definition) is 3. The maximum atomic E-state index is 11.0. The Morgan fingerprint density at radius 3 is 1.71 bits per heavy atom. The predicted molar refractivity (Wildman–Crippen MR) is 158 cm³/mol. The number of unbranched alkanes of at least 4 members (excludes halogenated alkanes) is 11. The van der Waals surface area contributed by atoms with Crippen molar-refractivity contribution in [1.82, 2.24) is 0 Å². The Labute approximate surface area is 222 Å². The second-order valence-corrected chi connectivity index (χ2v) is 10.4. The molecular formula is C31H60O3S. The molecule has 4 heteroatoms. The van der Waals surface area contributed by atoms with Crippen LogP contribution in [0.2, 0.25) is 0 Å². The van der Waals surface area contributed by atoms with E-state index in [1.165, 1.54) is 76.2 Å². The summed E-state index contributed by atoms with van der Waals surface area (Å²) in [6.07, 6.45) is 19.9. The fourth-order valence-corrected chi connectivity index (χ4v) is 4.43. The van der Waals surface area contributed by atoms with Gasteiger partial charge in [-0.1, -0.05) is 136 Å². The molecule has 0 spiro atoms. The summed E-state index contributed by atoms with van der Waals surface area (Å²) in [6.45, 7) is 12.5. The second-order valence-electron chi connectivity index (χ2n) is 8.80. The average molecular weight is 513 g/mol. The van der Waals surface area contributed by atoms with Gasteiger partial charge in [0, 0.05) is 29.4 Å². The van der Waals surface area contributed by atoms with E-state index in [0.717, 1.165) is 38.2 Å². The minimum Gasteiger partial charge on any atom is -0.379 e. The zero-order chi connectivity index (χ0) is 26.4. The average Bonchev–Trinajstić information content (AvgIpc) is 2.89. The minimum absolute atomic E-state index is 0.209. The quantitative estimate of drug-likeness (QED) is 0.145. The largest absolute Gasteiger partial charge is 0.379 e. The van der Waals surface area contributed by atoms with E-state index in [-0.39, 0.29) is 6.10 Å². The lowest BCUT2D eigenvalue weighted by Gasteiger charge is -2.17. The Bertz CT molecular complexity index is 521. The summed E-state index contributed by atoms with van der Waals surface area (Å²) in [5.41, 5.74) is 1.23. The van der Waals surface area contributed by atoms with Gasteiger partial charge in [0.15, 0.2) is 0 Å². The first-order valence-corrected chi connectivity index (χ1v) is 16.5. The van der Waals surface area contributed by atoms with Crippen molar-refractivity contribution in [1.29, 1.82) is 0 Å². The number of rotatable bonds is 22. The van der Waals surface area contributed by atoms with Crippen LogP contribution in [0.5, 0.6) is 0 Å². The van der Waals surface area contributed by atoms with Crippen molar-refractivity contribution >= 4 is 10.8 Å². The topological polar surface area (TPSA) is 35.5 Å². The van der Waals surface area contributed by atoms with Gasteiger partial charge in [0.1, 0.15) is 0 Å². The molecule has 0 bridgehead atoms. The van der Waals surface area contributed by atoms with E-state index in [0.29, 0.717) is 6.61 Å². The van der Waals surface area contributed by atoms with Gasteiger partial charge < -0.3 is 9.47 Å². The van der Waals surface area contributed by atoms with Crippen LogP contribution in [0.15, 0.2) is 30.3 Å². The molecule has 0 saturated heterocycles. The molecule has 0 radical (unpaired) electrons. The van der Waals surface area contributed by atoms with Gasteiger partial charge in [0.25, 0.3) is 0 Å². The molecule has 1 rings (SSSR count). The van der Waals surface area contributed by atoms with Crippen molar-refractivity contribution in [2.75, 3.05) is 25.2 Å². The SMILES string of the molecule is CC.CC.CCCC(COCCCCCCCCCCCCCCS(C)=O)OCc1ccccc1. The predicted octanol–water partition coefficient (Wildman–Crippen LogP) is 9.50. The smallest absolute Gasteiger partial charge is 0.0812 e. The number of hydrogen-bond donors (Lipinski definition) is 0. The van der Waals surface area contributed by atoms with Gasteiger partial charge >= 0.3 is 0 Å². The molecule has 0 aliphatic carbocycles. The fraction of sp³-hybridized carbons (Fsp3) is 0.806. The first kappa shape index (κ1) is 36.4. The Kier molecular flexibility index (Phi) is 32.6. The van der Waals surface area contributed by atoms with Gasteiger partial charge in [-0.15, -0.1) is 0 Å². The molecule has 0 saturated carbocycles. The van der Waals surface area contributed by atoms with Crippen molar-refractivity contribution in [2.45, 2.75) is 137 Å². The highest BCUT2D eigenvalue weighted by Gasteiger charge is 2.08. The van der Waals surface area contributed by atoms with Crippen LogP contribution in [0.1, 0.15) is 130 Å². The van der Waals surface area contributed by atoms with Crippen LogP contribution in [0.3, 0.4) is 0 Å². The van der Waals surface area contributed by atoms with Crippen LogP contribution in [-0.2, 0) is 26.9 Å². The Balaban J connectivity index is 0. The van der Waals surface area contributed by atoms with E-state index in [1.54, 1.807) is 6.26 Å². The van der Waals surface area contributed by atoms with Crippen LogP contribution in [0, 0.1) is 0 Å². The van der Waals surface area contributed by atoms with E-state index in [4.69, 9.17) is 9.47 Å². The summed E-state index contributed by atoms with van der Waals surface area (Å²) in [5.74, 6) is 0.881. The highest BCUT2D eigenvalue weighted by atomic mass is 32.2. The van der Waals surface area contributed by atoms with Crippen LogP contribution in [0.25, 0.3) is 0 Å². The highest BCUT2D eigenvalue weighted by Crippen LogP contribution is 2.13. The first-order valence-electron chi connectivity index (χ1n) is 14.8. The Morgan fingerprint density at radius 1 is 0.743 bits per heavy atom. The third-order valence-electron chi connectivity index (χ3n) is 5.71. The Hall–Kier alpha value is -0.710. The molecule has 208 valence electrons. The number of benzene rings is 1. The lowest BCUT2D eigenvalue weighted by atomic mass is 10.1. The third kappa shape index (κ3) is 27.7. The summed E-state index contributed by atoms with van der Waals surface area (Å²) < 4.78 is 23.0. The summed E-state index contributed by atoms with van der Waals surface area (Å²) >= 11 is 0. The summed E-state index contributed by atoms with van der Waals surface area (Å²) in [4.78, 5) is 0. The molecule has 0 aliphatic rings. The van der Waals surface area contributed by atoms with Crippen molar-refractivity contribution in [3.8, 4) is 0 Å². The van der Waals surface area contributed by atoms with E-state index in [2.05, 4.69) is 31.2 Å². The lowest BCUT2D eigenvalue weighted by molar-refractivity contribution is -0.0295. The fourth-order valence-electron chi connectivity index (χ4n) is 3.82. The van der Waals surface area contributed by atoms with Crippen molar-refractivity contribution in [3.05, 3.63) is 35.9 Å². The molecule has 0 fully saturated rings. The summed E-state index contributed by atoms with van der Waals surface area (Å²) in [7, 11) is -0.607. The summed E-state index contributed by atoms with van der Waals surface area (Å²) in [6, 6.07) is 10.4. The molecule has 0 aliphatic heterocycles. The normalized spacial score (nSPS) is 12.2. The van der Waals surface area contributed by atoms with Gasteiger partial charge in [-0.05, 0) is 24.8 Å². The maximum absolute atomic E-state index is 11.0. The summed E-state index contributed by atoms with van der Waals surface area (Å²) in [5, 5.41) is 0. The van der Waals surface area contributed by atoms with Crippen molar-refractivity contribution < 1.29 is 13.7 Å². The van der Waals surface area contributed by atoms with Gasteiger partial charge in [-0.3, -0.25) is 4.21 Å². The van der Waals surface area contributed by atoms with Crippen LogP contribution in [-0.4, -0.2) is 35.5 Å². The standard InChI is InChI=1S/C27H48O3S.2C2H6/c1-3-19-27(30-24-26-20-15-14-16-21-26)25-29-22-17-12-10-8-6-4-5-7-9-11-13-18-23-31(2)28;2*1-2/h14-16,20-21,27H,3-13,17-19,22-25H2,1-2H3;2*1-2H3. The molecule has 1 aromatic carbocycles. The van der Waals surface area contributed by atoms with Gasteiger partial charge in [-0.2, -0.15) is 0 Å². The monoisotopic (exact) mass is 512 g/mol. The number of ether oxygens (including phenoxy) is 2. The van der Waals surface area contributed by atoms with E-state index >= 15 is 0 Å². The van der Waals surface area contributed by atoms with E-state index < -0.39 is 10.8 Å². The minimum atomic E-state index is -0.607. The Morgan fingerprint density at radius 2 is 1.23 bits per heavy atom. The van der Waals surface area contributed by atoms with Crippen LogP contribution in [0.4, 0.5) is 0 Å². The molecule has 0 amide bonds. The maximum Gasteiger partial charge on any atom is 0.0812 e. The third-order valence-corrected chi connectivity index (χ3v) is 6.58. The zero-order valence-corrected chi connectivity index (χ0v) is 25.1. The zero-order valence-electron chi connectivity index (χ0n) is 24.3. The van der Waals surface area contributed by atoms with Gasteiger partial charge in [0.05, 0.1) is 19.3 Å². The van der Waals surface area contributed by atoms with E-state index in [9.17, 15) is 4.21 Å². The molecule has 0 aromatic heterocycles. The molecule has 35 heavy (non-hydrogen) atoms. The first-order chi connectivity index (χ1) is 17.2. The lowest BCUT2D eigenvalue weighted by Crippen LogP contribution is -2.20. The van der Waals surface area contributed by atoms with Gasteiger partial charge in [0.2, 0.25) is 0 Å². The second kappa shape index (κ2) is 31.3. The highest BCUT2D eigenvalue weighted by molar-refractivity contribution is 7.84. The molecule has 0 N–H and O–H groups in total. The van der Waals surface area contributed by atoms with E-state index in [1.807, 2.05) is 33.8 Å². The van der Waals surface area contributed by atoms with Crippen molar-refractivity contribution in [3.63, 3.8) is 0 Å². The molecule has 2 unspecified atom stereocenters.